The largest absolute Gasteiger partial charge is 0.451 e. The maximum absolute atomic E-state index is 11.7. The minimum absolute atomic E-state index is 0.0474. The molecule has 1 atom stereocenters. The monoisotopic (exact) mass is 294 g/mol. The third kappa shape index (κ3) is 4.42. The first-order chi connectivity index (χ1) is 10.1. The molecule has 0 aliphatic carbocycles. The zero-order valence-corrected chi connectivity index (χ0v) is 11.8. The van der Waals surface area contributed by atoms with Crippen LogP contribution in [0.25, 0.3) is 0 Å². The van der Waals surface area contributed by atoms with Crippen LogP contribution in [-0.2, 0) is 14.3 Å². The molecule has 114 valence electrons. The molecule has 2 N–H and O–H groups in total. The molecule has 7 heteroatoms. The predicted octanol–water partition coefficient (Wildman–Crippen LogP) is 0.669. The number of aromatic nitrogens is 1. The number of aromatic amines is 1. The van der Waals surface area contributed by atoms with Gasteiger partial charge in [0.25, 0.3) is 5.91 Å². The molecule has 1 aliphatic heterocycles. The fourth-order valence-corrected chi connectivity index (χ4v) is 2.01. The molecule has 2 rings (SSSR count). The van der Waals surface area contributed by atoms with Gasteiger partial charge in [0, 0.05) is 24.9 Å². The Kier molecular flexibility index (Phi) is 5.10. The lowest BCUT2D eigenvalue weighted by Gasteiger charge is -2.10. The van der Waals surface area contributed by atoms with Gasteiger partial charge in [-0.05, 0) is 25.8 Å². The second kappa shape index (κ2) is 7.03. The van der Waals surface area contributed by atoms with E-state index in [9.17, 15) is 14.4 Å². The Hall–Kier alpha value is -2.15. The van der Waals surface area contributed by atoms with Crippen LogP contribution < -0.4 is 5.32 Å². The van der Waals surface area contributed by atoms with Crippen LogP contribution in [0.5, 0.6) is 0 Å². The molecule has 1 fully saturated rings. The van der Waals surface area contributed by atoms with E-state index in [1.807, 2.05) is 0 Å². The van der Waals surface area contributed by atoms with Gasteiger partial charge in [0.15, 0.2) is 12.4 Å². The normalized spacial score (nSPS) is 17.5. The van der Waals surface area contributed by atoms with Crippen molar-refractivity contribution in [3.63, 3.8) is 0 Å². The van der Waals surface area contributed by atoms with E-state index in [2.05, 4.69) is 10.3 Å². The summed E-state index contributed by atoms with van der Waals surface area (Å²) < 4.78 is 10.2. The lowest BCUT2D eigenvalue weighted by atomic mass is 10.2. The zero-order chi connectivity index (χ0) is 15.2. The van der Waals surface area contributed by atoms with E-state index in [1.165, 1.54) is 19.2 Å². The average Bonchev–Trinajstić information content (AvgIpc) is 3.12. The van der Waals surface area contributed by atoms with Crippen LogP contribution >= 0.6 is 0 Å². The van der Waals surface area contributed by atoms with Crippen molar-refractivity contribution >= 4 is 17.7 Å². The predicted molar refractivity (Wildman–Crippen MR) is 73.1 cm³/mol. The first-order valence-corrected chi connectivity index (χ1v) is 6.81. The van der Waals surface area contributed by atoms with Crippen LogP contribution in [0.1, 0.15) is 40.6 Å². The third-order valence-corrected chi connectivity index (χ3v) is 3.19. The van der Waals surface area contributed by atoms with Crippen molar-refractivity contribution < 1.29 is 23.9 Å². The van der Waals surface area contributed by atoms with E-state index in [-0.39, 0.29) is 30.1 Å². The summed E-state index contributed by atoms with van der Waals surface area (Å²) >= 11 is 0. The summed E-state index contributed by atoms with van der Waals surface area (Å²) in [6.45, 7) is 2.19. The average molecular weight is 294 g/mol. The van der Waals surface area contributed by atoms with Crippen molar-refractivity contribution in [3.8, 4) is 0 Å². The Morgan fingerprint density at radius 2 is 2.29 bits per heavy atom. The molecule has 7 nitrogen and oxygen atoms in total. The highest BCUT2D eigenvalue weighted by molar-refractivity contribution is 5.97. The summed E-state index contributed by atoms with van der Waals surface area (Å²) in [6, 6.07) is 1.40. The number of H-pyrrole nitrogens is 1. The summed E-state index contributed by atoms with van der Waals surface area (Å²) in [7, 11) is 0. The Labute approximate surface area is 122 Å². The van der Waals surface area contributed by atoms with Gasteiger partial charge in [-0.2, -0.15) is 0 Å². The number of hydrogen-bond donors (Lipinski definition) is 2. The van der Waals surface area contributed by atoms with Crippen molar-refractivity contribution in [1.82, 2.24) is 10.3 Å². The number of Topliss-reactive ketones (excluding diaryl/α,β-unsaturated/α-hetero) is 1. The van der Waals surface area contributed by atoms with Crippen molar-refractivity contribution in [2.24, 2.45) is 0 Å². The first-order valence-electron chi connectivity index (χ1n) is 6.81. The molecule has 0 spiro atoms. The van der Waals surface area contributed by atoms with Crippen molar-refractivity contribution in [3.05, 3.63) is 23.5 Å². The van der Waals surface area contributed by atoms with Crippen LogP contribution in [0.3, 0.4) is 0 Å². The number of hydrogen-bond acceptors (Lipinski definition) is 5. The molecule has 1 aromatic heterocycles. The van der Waals surface area contributed by atoms with E-state index in [0.29, 0.717) is 12.1 Å². The molecule has 0 saturated carbocycles. The van der Waals surface area contributed by atoms with Gasteiger partial charge >= 0.3 is 5.97 Å². The number of rotatable bonds is 6. The van der Waals surface area contributed by atoms with Crippen LogP contribution in [0.15, 0.2) is 12.3 Å². The van der Waals surface area contributed by atoms with Crippen LogP contribution in [0, 0.1) is 0 Å². The molecule has 1 amide bonds. The van der Waals surface area contributed by atoms with Crippen LogP contribution in [-0.4, -0.2) is 48.5 Å². The lowest BCUT2D eigenvalue weighted by molar-refractivity contribution is -0.124. The minimum Gasteiger partial charge on any atom is -0.451 e. The van der Waals surface area contributed by atoms with Gasteiger partial charge in [0.05, 0.1) is 6.10 Å². The Balaban J connectivity index is 1.72. The molecule has 0 aromatic carbocycles. The molecular weight excluding hydrogens is 276 g/mol. The van der Waals surface area contributed by atoms with Gasteiger partial charge in [-0.25, -0.2) is 4.79 Å². The Bertz CT molecular complexity index is 531. The van der Waals surface area contributed by atoms with Gasteiger partial charge in [0.2, 0.25) is 0 Å². The molecule has 0 unspecified atom stereocenters. The highest BCUT2D eigenvalue weighted by Crippen LogP contribution is 2.10. The molecular formula is C14H18N2O5. The molecule has 1 aliphatic rings. The number of amides is 1. The Morgan fingerprint density at radius 3 is 2.90 bits per heavy atom. The summed E-state index contributed by atoms with van der Waals surface area (Å²) in [6.07, 6.45) is 3.40. The van der Waals surface area contributed by atoms with Crippen LogP contribution in [0.2, 0.25) is 0 Å². The van der Waals surface area contributed by atoms with Crippen molar-refractivity contribution in [2.75, 3.05) is 19.8 Å². The maximum atomic E-state index is 11.7. The number of carbonyl (C=O) groups is 3. The Morgan fingerprint density at radius 1 is 1.48 bits per heavy atom. The van der Waals surface area contributed by atoms with E-state index in [1.54, 1.807) is 0 Å². The number of ether oxygens (including phenoxy) is 2. The fraction of sp³-hybridized carbons (Fsp3) is 0.500. The quantitative estimate of drug-likeness (QED) is 0.593. The second-order valence-electron chi connectivity index (χ2n) is 4.87. The summed E-state index contributed by atoms with van der Waals surface area (Å²) in [5.74, 6) is -1.20. The van der Waals surface area contributed by atoms with Gasteiger partial charge in [0.1, 0.15) is 5.69 Å². The number of ketones is 1. The highest BCUT2D eigenvalue weighted by Gasteiger charge is 2.17. The maximum Gasteiger partial charge on any atom is 0.355 e. The molecule has 0 radical (unpaired) electrons. The number of carbonyl (C=O) groups excluding carboxylic acids is 3. The number of nitrogens with one attached hydrogen (secondary N) is 2. The lowest BCUT2D eigenvalue weighted by Crippen LogP contribution is -2.34. The summed E-state index contributed by atoms with van der Waals surface area (Å²) in [4.78, 5) is 37.0. The van der Waals surface area contributed by atoms with Gasteiger partial charge in [-0.3, -0.25) is 9.59 Å². The van der Waals surface area contributed by atoms with Crippen molar-refractivity contribution in [2.45, 2.75) is 25.9 Å². The van der Waals surface area contributed by atoms with Gasteiger partial charge in [-0.15, -0.1) is 0 Å². The zero-order valence-electron chi connectivity index (χ0n) is 11.8. The fourth-order valence-electron chi connectivity index (χ4n) is 2.01. The van der Waals surface area contributed by atoms with Crippen molar-refractivity contribution in [1.29, 1.82) is 0 Å². The standard InChI is InChI=1S/C14H18N2O5/c1-9(17)10-5-12(15-6-10)14(19)21-8-13(18)16-7-11-3-2-4-20-11/h5-6,11,15H,2-4,7-8H2,1H3,(H,16,18)/t11-/m1/s1. The smallest absolute Gasteiger partial charge is 0.355 e. The summed E-state index contributed by atoms with van der Waals surface area (Å²) in [5, 5.41) is 2.65. The number of esters is 1. The summed E-state index contributed by atoms with van der Waals surface area (Å²) in [5.41, 5.74) is 0.539. The molecule has 2 heterocycles. The van der Waals surface area contributed by atoms with E-state index in [0.717, 1.165) is 19.4 Å². The van der Waals surface area contributed by atoms with Crippen LogP contribution in [0.4, 0.5) is 0 Å². The molecule has 1 saturated heterocycles. The molecule has 1 aromatic rings. The SMILES string of the molecule is CC(=O)c1c[nH]c(C(=O)OCC(=O)NC[C@H]2CCCO2)c1. The first kappa shape index (κ1) is 15.2. The molecule has 0 bridgehead atoms. The van der Waals surface area contributed by atoms with Gasteiger partial charge < -0.3 is 19.8 Å². The van der Waals surface area contributed by atoms with E-state index >= 15 is 0 Å². The van der Waals surface area contributed by atoms with Gasteiger partial charge in [-0.1, -0.05) is 0 Å². The molecule has 21 heavy (non-hydrogen) atoms. The highest BCUT2D eigenvalue weighted by atomic mass is 16.5. The second-order valence-corrected chi connectivity index (χ2v) is 4.87. The van der Waals surface area contributed by atoms with E-state index in [4.69, 9.17) is 9.47 Å². The minimum atomic E-state index is -0.672. The topological polar surface area (TPSA) is 97.5 Å². The van der Waals surface area contributed by atoms with E-state index < -0.39 is 5.97 Å². The third-order valence-electron chi connectivity index (χ3n) is 3.19.